The van der Waals surface area contributed by atoms with E-state index in [0.717, 1.165) is 6.54 Å². The van der Waals surface area contributed by atoms with Crippen LogP contribution in [0.4, 0.5) is 5.69 Å². The van der Waals surface area contributed by atoms with Crippen molar-refractivity contribution >= 4 is 18.1 Å². The molecule has 1 N–H and O–H groups in total. The zero-order valence-electron chi connectivity index (χ0n) is 16.0. The average molecular weight is 334 g/mol. The molecule has 0 radical (unpaired) electrons. The Bertz CT molecular complexity index is 685. The van der Waals surface area contributed by atoms with E-state index in [1.165, 1.54) is 54.4 Å². The standard InChI is InChI=1S/C20H25BN2.C2H6/c1-2-3-4-5-10-16-15-22-21-19-13-8-6-11-17(19)18-12-7-9-14-20(18)23(16)21;1-2/h6-9,11-14,16,22H,2-5,10,15H2,1H3;1-2H3. The van der Waals surface area contributed by atoms with Crippen LogP contribution in [0.15, 0.2) is 48.5 Å². The third-order valence-electron chi connectivity index (χ3n) is 5.34. The zero-order valence-corrected chi connectivity index (χ0v) is 16.0. The van der Waals surface area contributed by atoms with Crippen molar-refractivity contribution in [3.63, 3.8) is 0 Å². The van der Waals surface area contributed by atoms with Gasteiger partial charge in [-0.15, -0.1) is 0 Å². The van der Waals surface area contributed by atoms with Gasteiger partial charge in [-0.05, 0) is 23.5 Å². The molecule has 0 aromatic heterocycles. The quantitative estimate of drug-likeness (QED) is 0.622. The lowest BCUT2D eigenvalue weighted by Gasteiger charge is -2.36. The number of para-hydroxylation sites is 1. The van der Waals surface area contributed by atoms with Crippen LogP contribution in [-0.4, -0.2) is 19.6 Å². The molecule has 132 valence electrons. The Balaban J connectivity index is 0.000000880. The van der Waals surface area contributed by atoms with Crippen molar-refractivity contribution in [3.8, 4) is 11.1 Å². The summed E-state index contributed by atoms with van der Waals surface area (Å²) in [7, 11) is 0. The van der Waals surface area contributed by atoms with Crippen LogP contribution in [0, 0.1) is 0 Å². The van der Waals surface area contributed by atoms with Gasteiger partial charge in [0.1, 0.15) is 0 Å². The molecular formula is C22H31BN2. The van der Waals surface area contributed by atoms with Crippen molar-refractivity contribution in [2.24, 2.45) is 0 Å². The van der Waals surface area contributed by atoms with Gasteiger partial charge in [-0.25, -0.2) is 0 Å². The van der Waals surface area contributed by atoms with Gasteiger partial charge in [0.25, 0.3) is 0 Å². The van der Waals surface area contributed by atoms with E-state index in [1.807, 2.05) is 13.8 Å². The fraction of sp³-hybridized carbons (Fsp3) is 0.455. The highest BCUT2D eigenvalue weighted by Gasteiger charge is 2.42. The smallest absolute Gasteiger partial charge is 0.376 e. The molecule has 0 aliphatic carbocycles. The number of fused-ring (bicyclic) bond motifs is 6. The molecule has 1 fully saturated rings. The van der Waals surface area contributed by atoms with Gasteiger partial charge >= 0.3 is 6.98 Å². The summed E-state index contributed by atoms with van der Waals surface area (Å²) >= 11 is 0. The van der Waals surface area contributed by atoms with E-state index in [-0.39, 0.29) is 0 Å². The maximum atomic E-state index is 3.77. The van der Waals surface area contributed by atoms with Gasteiger partial charge in [-0.3, -0.25) is 0 Å². The Kier molecular flexibility index (Phi) is 6.20. The third kappa shape index (κ3) is 3.48. The monoisotopic (exact) mass is 334 g/mol. The molecule has 2 aromatic carbocycles. The molecule has 2 aliphatic heterocycles. The number of nitrogens with one attached hydrogen (secondary N) is 1. The lowest BCUT2D eigenvalue weighted by Crippen LogP contribution is -2.55. The molecule has 1 unspecified atom stereocenters. The first-order valence-corrected chi connectivity index (χ1v) is 10.1. The molecule has 2 nitrogen and oxygen atoms in total. The highest BCUT2D eigenvalue weighted by Crippen LogP contribution is 2.37. The highest BCUT2D eigenvalue weighted by molar-refractivity contribution is 6.77. The SMILES string of the molecule is CC.CCCCCCC1CNB2c3ccccc3-c3ccccc3N21. The fourth-order valence-electron chi connectivity index (χ4n) is 4.21. The molecule has 3 heteroatoms. The van der Waals surface area contributed by atoms with Crippen molar-refractivity contribution in [1.29, 1.82) is 0 Å². The van der Waals surface area contributed by atoms with Crippen molar-refractivity contribution in [1.82, 2.24) is 5.23 Å². The second-order valence-electron chi connectivity index (χ2n) is 6.83. The number of unbranched alkanes of at least 4 members (excludes halogenated alkanes) is 3. The number of anilines is 1. The summed E-state index contributed by atoms with van der Waals surface area (Å²) in [6.45, 7) is 7.72. The zero-order chi connectivity index (χ0) is 17.6. The Hall–Kier alpha value is -1.74. The fourth-order valence-corrected chi connectivity index (χ4v) is 4.21. The van der Waals surface area contributed by atoms with Gasteiger partial charge in [-0.2, -0.15) is 0 Å². The number of nitrogens with zero attached hydrogens (tertiary/aromatic N) is 1. The van der Waals surface area contributed by atoms with E-state index in [1.54, 1.807) is 0 Å². The summed E-state index contributed by atoms with van der Waals surface area (Å²) in [5.41, 5.74) is 5.62. The van der Waals surface area contributed by atoms with E-state index >= 15 is 0 Å². The van der Waals surface area contributed by atoms with Crippen molar-refractivity contribution in [2.75, 3.05) is 11.4 Å². The molecule has 4 rings (SSSR count). The second-order valence-corrected chi connectivity index (χ2v) is 6.83. The minimum atomic E-state index is 0.345. The summed E-state index contributed by atoms with van der Waals surface area (Å²) in [6, 6.07) is 18.4. The average Bonchev–Trinajstić information content (AvgIpc) is 3.11. The van der Waals surface area contributed by atoms with Gasteiger partial charge in [0, 0.05) is 23.8 Å². The van der Waals surface area contributed by atoms with Gasteiger partial charge in [0.15, 0.2) is 0 Å². The molecule has 25 heavy (non-hydrogen) atoms. The van der Waals surface area contributed by atoms with Gasteiger partial charge in [-0.1, -0.05) is 88.9 Å². The number of hydrogen-bond acceptors (Lipinski definition) is 2. The summed E-state index contributed by atoms with van der Waals surface area (Å²) in [5, 5.41) is 3.77. The van der Waals surface area contributed by atoms with E-state index in [2.05, 4.69) is 65.5 Å². The van der Waals surface area contributed by atoms with Crippen LogP contribution in [0.25, 0.3) is 11.1 Å². The molecule has 0 spiro atoms. The molecule has 0 saturated carbocycles. The predicted molar refractivity (Wildman–Crippen MR) is 112 cm³/mol. The van der Waals surface area contributed by atoms with Gasteiger partial charge < -0.3 is 10.0 Å². The van der Waals surface area contributed by atoms with Crippen molar-refractivity contribution in [2.45, 2.75) is 58.9 Å². The summed E-state index contributed by atoms with van der Waals surface area (Å²) in [5.74, 6) is 0. The summed E-state index contributed by atoms with van der Waals surface area (Å²) in [4.78, 5) is 2.64. The molecule has 0 bridgehead atoms. The van der Waals surface area contributed by atoms with Gasteiger partial charge in [0.2, 0.25) is 0 Å². The molecule has 0 amide bonds. The minimum absolute atomic E-state index is 0.345. The normalized spacial score (nSPS) is 17.3. The predicted octanol–water partition coefficient (Wildman–Crippen LogP) is 4.84. The van der Waals surface area contributed by atoms with Crippen LogP contribution in [0.5, 0.6) is 0 Å². The van der Waals surface area contributed by atoms with Crippen LogP contribution >= 0.6 is 0 Å². The lowest BCUT2D eigenvalue weighted by atomic mass is 9.61. The van der Waals surface area contributed by atoms with Crippen molar-refractivity contribution < 1.29 is 0 Å². The van der Waals surface area contributed by atoms with Crippen LogP contribution in [-0.2, 0) is 0 Å². The van der Waals surface area contributed by atoms with E-state index in [9.17, 15) is 0 Å². The van der Waals surface area contributed by atoms with Gasteiger partial charge in [0.05, 0.1) is 0 Å². The number of rotatable bonds is 5. The molecule has 1 saturated heterocycles. The Labute approximate surface area is 153 Å². The Morgan fingerprint density at radius 1 is 0.960 bits per heavy atom. The Morgan fingerprint density at radius 3 is 2.48 bits per heavy atom. The highest BCUT2D eigenvalue weighted by atomic mass is 15.2. The van der Waals surface area contributed by atoms with Crippen LogP contribution in [0.2, 0.25) is 0 Å². The molecule has 2 aliphatic rings. The van der Waals surface area contributed by atoms with E-state index < -0.39 is 0 Å². The molecule has 2 aromatic rings. The summed E-state index contributed by atoms with van der Waals surface area (Å²) in [6.07, 6.45) is 6.67. The molecule has 2 heterocycles. The van der Waals surface area contributed by atoms with E-state index in [0.29, 0.717) is 13.0 Å². The van der Waals surface area contributed by atoms with Crippen LogP contribution in [0.1, 0.15) is 52.9 Å². The Morgan fingerprint density at radius 2 is 1.68 bits per heavy atom. The van der Waals surface area contributed by atoms with E-state index in [4.69, 9.17) is 0 Å². The largest absolute Gasteiger partial charge is 0.393 e. The first-order chi connectivity index (χ1) is 12.4. The second kappa shape index (κ2) is 8.58. The third-order valence-corrected chi connectivity index (χ3v) is 5.34. The summed E-state index contributed by atoms with van der Waals surface area (Å²) < 4.78 is 0. The number of hydrogen-bond donors (Lipinski definition) is 1. The molecule has 1 atom stereocenters. The van der Waals surface area contributed by atoms with Crippen LogP contribution in [0.3, 0.4) is 0 Å². The van der Waals surface area contributed by atoms with Crippen LogP contribution < -0.4 is 15.5 Å². The first-order valence-electron chi connectivity index (χ1n) is 10.1. The lowest BCUT2D eigenvalue weighted by molar-refractivity contribution is 0.564. The topological polar surface area (TPSA) is 15.3 Å². The maximum Gasteiger partial charge on any atom is 0.376 e. The van der Waals surface area contributed by atoms with Crippen molar-refractivity contribution in [3.05, 3.63) is 48.5 Å². The maximum absolute atomic E-state index is 3.77. The number of benzene rings is 2. The minimum Gasteiger partial charge on any atom is -0.393 e. The molecular weight excluding hydrogens is 303 g/mol. The first kappa shape index (κ1) is 18.1.